The highest BCUT2D eigenvalue weighted by atomic mass is 16.6. The van der Waals surface area contributed by atoms with Crippen molar-refractivity contribution in [3.8, 4) is 0 Å². The van der Waals surface area contributed by atoms with Gasteiger partial charge in [0.15, 0.2) is 6.04 Å². The molecule has 1 unspecified atom stereocenters. The maximum atomic E-state index is 12.8. The number of rotatable bonds is 3. The van der Waals surface area contributed by atoms with Crippen LogP contribution in [0.25, 0.3) is 0 Å². The topological polar surface area (TPSA) is 72.0 Å². The van der Waals surface area contributed by atoms with Gasteiger partial charge in [0.2, 0.25) is 0 Å². The van der Waals surface area contributed by atoms with Gasteiger partial charge in [-0.15, -0.1) is 0 Å². The lowest BCUT2D eigenvalue weighted by Crippen LogP contribution is -2.54. The quantitative estimate of drug-likeness (QED) is 0.776. The first-order valence-corrected chi connectivity index (χ1v) is 7.95. The van der Waals surface area contributed by atoms with Gasteiger partial charge in [-0.3, -0.25) is 4.79 Å². The molecular weight excluding hydrogens is 310 g/mol. The van der Waals surface area contributed by atoms with Crippen LogP contribution in [0.3, 0.4) is 0 Å². The van der Waals surface area contributed by atoms with Crippen LogP contribution in [0.1, 0.15) is 31.3 Å². The molecule has 0 saturated carbocycles. The zero-order valence-electron chi connectivity index (χ0n) is 14.9. The standard InChI is InChI=1S/C17H25N3O4/c1-17(2,3)24-16(22)13-11-23-10-9-20(13)15(21)12-7-6-8-14(18-12)19(4)5/h6-8,13H,9-11H2,1-5H3. The molecule has 7 nitrogen and oxygen atoms in total. The van der Waals surface area contributed by atoms with Crippen LogP contribution in [0.15, 0.2) is 18.2 Å². The van der Waals surface area contributed by atoms with Gasteiger partial charge in [0.1, 0.15) is 17.1 Å². The second kappa shape index (κ2) is 7.17. The highest BCUT2D eigenvalue weighted by Crippen LogP contribution is 2.17. The fourth-order valence-corrected chi connectivity index (χ4v) is 2.35. The maximum absolute atomic E-state index is 12.8. The van der Waals surface area contributed by atoms with Gasteiger partial charge in [-0.2, -0.15) is 0 Å². The first-order chi connectivity index (χ1) is 11.2. The van der Waals surface area contributed by atoms with Crippen molar-refractivity contribution in [2.24, 2.45) is 0 Å². The third-order valence-electron chi connectivity index (χ3n) is 3.48. The summed E-state index contributed by atoms with van der Waals surface area (Å²) in [7, 11) is 3.71. The van der Waals surface area contributed by atoms with E-state index in [0.29, 0.717) is 24.7 Å². The van der Waals surface area contributed by atoms with Gasteiger partial charge >= 0.3 is 5.97 Å². The number of ether oxygens (including phenoxy) is 2. The van der Waals surface area contributed by atoms with Crippen LogP contribution in [0.2, 0.25) is 0 Å². The van der Waals surface area contributed by atoms with Crippen LogP contribution >= 0.6 is 0 Å². The van der Waals surface area contributed by atoms with Crippen molar-refractivity contribution in [2.45, 2.75) is 32.4 Å². The Balaban J connectivity index is 2.22. The molecule has 1 amide bonds. The minimum Gasteiger partial charge on any atom is -0.458 e. The van der Waals surface area contributed by atoms with Gasteiger partial charge in [0.05, 0.1) is 13.2 Å². The molecule has 0 aliphatic carbocycles. The van der Waals surface area contributed by atoms with Crippen molar-refractivity contribution < 1.29 is 19.1 Å². The Bertz CT molecular complexity index is 610. The van der Waals surface area contributed by atoms with Crippen molar-refractivity contribution in [1.82, 2.24) is 9.88 Å². The molecule has 1 atom stereocenters. The number of esters is 1. The molecule has 7 heteroatoms. The Hall–Kier alpha value is -2.15. The molecule has 0 N–H and O–H groups in total. The Kier molecular flexibility index (Phi) is 5.43. The second-order valence-electron chi connectivity index (χ2n) is 6.90. The SMILES string of the molecule is CN(C)c1cccc(C(=O)N2CCOCC2C(=O)OC(C)(C)C)n1. The van der Waals surface area contributed by atoms with E-state index in [1.165, 1.54) is 4.90 Å². The van der Waals surface area contributed by atoms with Gasteiger partial charge in [-0.25, -0.2) is 9.78 Å². The smallest absolute Gasteiger partial charge is 0.331 e. The van der Waals surface area contributed by atoms with Crippen molar-refractivity contribution in [2.75, 3.05) is 38.8 Å². The molecule has 1 aliphatic rings. The van der Waals surface area contributed by atoms with Crippen LogP contribution in [-0.4, -0.2) is 67.3 Å². The summed E-state index contributed by atoms with van der Waals surface area (Å²) in [6.45, 7) is 6.23. The number of anilines is 1. The predicted octanol–water partition coefficient (Wildman–Crippen LogP) is 1.33. The summed E-state index contributed by atoms with van der Waals surface area (Å²) in [6.07, 6.45) is 0. The molecule has 2 heterocycles. The first-order valence-electron chi connectivity index (χ1n) is 7.95. The molecule has 1 aliphatic heterocycles. The molecule has 1 aromatic heterocycles. The van der Waals surface area contributed by atoms with Gasteiger partial charge in [0, 0.05) is 20.6 Å². The Morgan fingerprint density at radius 2 is 2.04 bits per heavy atom. The molecule has 24 heavy (non-hydrogen) atoms. The summed E-state index contributed by atoms with van der Waals surface area (Å²) in [4.78, 5) is 32.9. The van der Waals surface area contributed by atoms with Crippen molar-refractivity contribution in [3.63, 3.8) is 0 Å². The van der Waals surface area contributed by atoms with Gasteiger partial charge in [0.25, 0.3) is 5.91 Å². The van der Waals surface area contributed by atoms with E-state index in [2.05, 4.69) is 4.98 Å². The van der Waals surface area contributed by atoms with Crippen LogP contribution in [0.5, 0.6) is 0 Å². The van der Waals surface area contributed by atoms with Crippen molar-refractivity contribution in [3.05, 3.63) is 23.9 Å². The second-order valence-corrected chi connectivity index (χ2v) is 6.90. The highest BCUT2D eigenvalue weighted by molar-refractivity contribution is 5.95. The van der Waals surface area contributed by atoms with Crippen LogP contribution in [-0.2, 0) is 14.3 Å². The molecule has 0 radical (unpaired) electrons. The molecule has 0 aromatic carbocycles. The van der Waals surface area contributed by atoms with E-state index in [1.54, 1.807) is 32.9 Å². The minimum atomic E-state index is -0.754. The number of aromatic nitrogens is 1. The summed E-state index contributed by atoms with van der Waals surface area (Å²) in [5.74, 6) is -0.0694. The summed E-state index contributed by atoms with van der Waals surface area (Å²) in [5, 5.41) is 0. The molecular formula is C17H25N3O4. The van der Waals surface area contributed by atoms with E-state index in [9.17, 15) is 9.59 Å². The van der Waals surface area contributed by atoms with E-state index >= 15 is 0 Å². The van der Waals surface area contributed by atoms with Gasteiger partial charge in [-0.1, -0.05) is 6.07 Å². The van der Waals surface area contributed by atoms with E-state index < -0.39 is 17.6 Å². The number of carbonyl (C=O) groups excluding carboxylic acids is 2. The summed E-state index contributed by atoms with van der Waals surface area (Å²) >= 11 is 0. The molecule has 1 saturated heterocycles. The summed E-state index contributed by atoms with van der Waals surface area (Å²) < 4.78 is 10.8. The fraction of sp³-hybridized carbons (Fsp3) is 0.588. The van der Waals surface area contributed by atoms with Crippen LogP contribution in [0, 0.1) is 0 Å². The van der Waals surface area contributed by atoms with E-state index in [1.807, 2.05) is 25.1 Å². The van der Waals surface area contributed by atoms with Gasteiger partial charge in [-0.05, 0) is 32.9 Å². The van der Waals surface area contributed by atoms with Crippen LogP contribution in [0.4, 0.5) is 5.82 Å². The monoisotopic (exact) mass is 335 g/mol. The molecule has 0 spiro atoms. The normalized spacial score (nSPS) is 18.2. The zero-order valence-corrected chi connectivity index (χ0v) is 14.9. The average molecular weight is 335 g/mol. The van der Waals surface area contributed by atoms with Gasteiger partial charge < -0.3 is 19.3 Å². The average Bonchev–Trinajstić information content (AvgIpc) is 2.52. The zero-order chi connectivity index (χ0) is 17.9. The number of amides is 1. The number of pyridine rings is 1. The van der Waals surface area contributed by atoms with E-state index in [-0.39, 0.29) is 12.5 Å². The third kappa shape index (κ3) is 4.44. The number of hydrogen-bond acceptors (Lipinski definition) is 6. The third-order valence-corrected chi connectivity index (χ3v) is 3.48. The van der Waals surface area contributed by atoms with E-state index in [4.69, 9.17) is 9.47 Å². The van der Waals surface area contributed by atoms with Crippen molar-refractivity contribution in [1.29, 1.82) is 0 Å². The Morgan fingerprint density at radius 1 is 1.33 bits per heavy atom. The largest absolute Gasteiger partial charge is 0.458 e. The number of hydrogen-bond donors (Lipinski definition) is 0. The van der Waals surface area contributed by atoms with Crippen molar-refractivity contribution >= 4 is 17.7 Å². The molecule has 0 bridgehead atoms. The Labute approximate surface area is 142 Å². The summed E-state index contributed by atoms with van der Waals surface area (Å²) in [5.41, 5.74) is -0.316. The molecule has 1 fully saturated rings. The molecule has 132 valence electrons. The van der Waals surface area contributed by atoms with E-state index in [0.717, 1.165) is 0 Å². The first kappa shape index (κ1) is 18.2. The lowest BCUT2D eigenvalue weighted by molar-refractivity contribution is -0.165. The predicted molar refractivity (Wildman–Crippen MR) is 90.1 cm³/mol. The molecule has 1 aromatic rings. The molecule has 2 rings (SSSR count). The number of morpholine rings is 1. The Morgan fingerprint density at radius 3 is 2.67 bits per heavy atom. The number of carbonyl (C=O) groups is 2. The highest BCUT2D eigenvalue weighted by Gasteiger charge is 2.36. The maximum Gasteiger partial charge on any atom is 0.331 e. The number of nitrogens with zero attached hydrogens (tertiary/aromatic N) is 3. The minimum absolute atomic E-state index is 0.133. The summed E-state index contributed by atoms with van der Waals surface area (Å²) in [6, 6.07) is 4.49. The van der Waals surface area contributed by atoms with Crippen LogP contribution < -0.4 is 4.90 Å². The lowest BCUT2D eigenvalue weighted by atomic mass is 10.1. The lowest BCUT2D eigenvalue weighted by Gasteiger charge is -2.35. The fourth-order valence-electron chi connectivity index (χ4n) is 2.35.